The molecule has 20 heavy (non-hydrogen) atoms. The van der Waals surface area contributed by atoms with Gasteiger partial charge in [-0.05, 0) is 12.1 Å². The summed E-state index contributed by atoms with van der Waals surface area (Å²) < 4.78 is 21.1. The van der Waals surface area contributed by atoms with E-state index >= 15 is 0 Å². The maximum atomic E-state index is 14.3. The topological polar surface area (TPSA) is 56.3 Å². The number of ether oxygens (including phenoxy) is 1. The van der Waals surface area contributed by atoms with E-state index in [4.69, 9.17) is 10.5 Å². The van der Waals surface area contributed by atoms with Gasteiger partial charge >= 0.3 is 0 Å². The molecule has 2 heterocycles. The highest BCUT2D eigenvalue weighted by Gasteiger charge is 2.16. The van der Waals surface area contributed by atoms with Gasteiger partial charge in [-0.3, -0.25) is 4.68 Å². The van der Waals surface area contributed by atoms with E-state index in [0.717, 1.165) is 5.56 Å². The zero-order valence-electron chi connectivity index (χ0n) is 11.3. The van der Waals surface area contributed by atoms with Gasteiger partial charge in [0.05, 0.1) is 24.6 Å². The van der Waals surface area contributed by atoms with Crippen molar-refractivity contribution >= 4 is 11.5 Å². The number of nitrogens with zero attached hydrogens (tertiary/aromatic N) is 3. The van der Waals surface area contributed by atoms with Gasteiger partial charge in [0.25, 0.3) is 0 Å². The average molecular weight is 276 g/mol. The number of benzene rings is 1. The van der Waals surface area contributed by atoms with Crippen LogP contribution in [0.4, 0.5) is 15.9 Å². The van der Waals surface area contributed by atoms with Crippen molar-refractivity contribution in [2.45, 2.75) is 0 Å². The van der Waals surface area contributed by atoms with Crippen LogP contribution >= 0.6 is 0 Å². The molecule has 0 unspecified atom stereocenters. The lowest BCUT2D eigenvalue weighted by Gasteiger charge is -2.29. The Morgan fingerprint density at radius 3 is 2.60 bits per heavy atom. The molecule has 1 fully saturated rings. The maximum absolute atomic E-state index is 14.3. The molecule has 0 saturated carbocycles. The van der Waals surface area contributed by atoms with Crippen LogP contribution < -0.4 is 10.6 Å². The van der Waals surface area contributed by atoms with Crippen LogP contribution in [0.5, 0.6) is 0 Å². The lowest BCUT2D eigenvalue weighted by molar-refractivity contribution is 0.122. The molecule has 1 aliphatic heterocycles. The quantitative estimate of drug-likeness (QED) is 0.906. The van der Waals surface area contributed by atoms with E-state index in [2.05, 4.69) is 5.10 Å². The minimum Gasteiger partial charge on any atom is -0.384 e. The van der Waals surface area contributed by atoms with Crippen molar-refractivity contribution < 1.29 is 9.13 Å². The van der Waals surface area contributed by atoms with E-state index < -0.39 is 0 Å². The molecule has 0 atom stereocenters. The van der Waals surface area contributed by atoms with Crippen LogP contribution in [0.2, 0.25) is 0 Å². The van der Waals surface area contributed by atoms with Crippen molar-refractivity contribution in [1.82, 2.24) is 9.78 Å². The van der Waals surface area contributed by atoms with Crippen molar-refractivity contribution in [3.8, 4) is 11.3 Å². The van der Waals surface area contributed by atoms with Gasteiger partial charge in [-0.25, -0.2) is 4.39 Å². The lowest BCUT2D eigenvalue weighted by Crippen LogP contribution is -2.36. The summed E-state index contributed by atoms with van der Waals surface area (Å²) in [5.74, 6) is 0.311. The molecule has 1 aromatic heterocycles. The van der Waals surface area contributed by atoms with Gasteiger partial charge < -0.3 is 15.4 Å². The van der Waals surface area contributed by atoms with Crippen LogP contribution in [0.1, 0.15) is 0 Å². The predicted octanol–water partition coefficient (Wildman–Crippen LogP) is 1.65. The van der Waals surface area contributed by atoms with Crippen molar-refractivity contribution in [2.75, 3.05) is 36.9 Å². The smallest absolute Gasteiger partial charge is 0.147 e. The first-order valence-corrected chi connectivity index (χ1v) is 6.57. The van der Waals surface area contributed by atoms with Crippen LogP contribution in [-0.4, -0.2) is 36.1 Å². The number of nitrogen functional groups attached to an aromatic ring is 1. The van der Waals surface area contributed by atoms with E-state index in [0.29, 0.717) is 43.5 Å². The second-order valence-corrected chi connectivity index (χ2v) is 4.84. The zero-order chi connectivity index (χ0) is 14.1. The van der Waals surface area contributed by atoms with E-state index in [9.17, 15) is 4.39 Å². The summed E-state index contributed by atoms with van der Waals surface area (Å²) in [6.45, 7) is 2.70. The van der Waals surface area contributed by atoms with Gasteiger partial charge in [-0.2, -0.15) is 5.10 Å². The summed E-state index contributed by atoms with van der Waals surface area (Å²) in [5.41, 5.74) is 7.77. The number of hydrogen-bond acceptors (Lipinski definition) is 4. The SMILES string of the molecule is Cn1nc(-c2ccc(N3CCOCC3)c(F)c2)cc1N. The number of hydrogen-bond donors (Lipinski definition) is 1. The third-order valence-electron chi connectivity index (χ3n) is 3.51. The highest BCUT2D eigenvalue weighted by Crippen LogP contribution is 2.27. The highest BCUT2D eigenvalue weighted by molar-refractivity contribution is 5.66. The fraction of sp³-hybridized carbons (Fsp3) is 0.357. The number of morpholine rings is 1. The molecule has 3 rings (SSSR count). The molecule has 0 radical (unpaired) electrons. The van der Waals surface area contributed by atoms with Gasteiger partial charge in [-0.1, -0.05) is 6.07 Å². The van der Waals surface area contributed by atoms with Crippen LogP contribution in [0.3, 0.4) is 0 Å². The molecule has 1 aliphatic rings. The van der Waals surface area contributed by atoms with Crippen molar-refractivity contribution in [2.24, 2.45) is 7.05 Å². The van der Waals surface area contributed by atoms with Gasteiger partial charge in [0.1, 0.15) is 11.6 Å². The van der Waals surface area contributed by atoms with Crippen molar-refractivity contribution in [3.05, 3.63) is 30.1 Å². The first kappa shape index (κ1) is 12.9. The summed E-state index contributed by atoms with van der Waals surface area (Å²) in [6.07, 6.45) is 0. The Kier molecular flexibility index (Phi) is 3.31. The number of halogens is 1. The molecule has 0 spiro atoms. The van der Waals surface area contributed by atoms with Crippen LogP contribution in [-0.2, 0) is 11.8 Å². The minimum absolute atomic E-state index is 0.242. The van der Waals surface area contributed by atoms with Crippen molar-refractivity contribution in [1.29, 1.82) is 0 Å². The monoisotopic (exact) mass is 276 g/mol. The van der Waals surface area contributed by atoms with Gasteiger partial charge in [-0.15, -0.1) is 0 Å². The highest BCUT2D eigenvalue weighted by atomic mass is 19.1. The van der Waals surface area contributed by atoms with E-state index in [1.54, 1.807) is 23.9 Å². The lowest BCUT2D eigenvalue weighted by atomic mass is 10.1. The van der Waals surface area contributed by atoms with Crippen LogP contribution in [0.15, 0.2) is 24.3 Å². The number of anilines is 2. The fourth-order valence-electron chi connectivity index (χ4n) is 2.35. The number of nitrogens with two attached hydrogens (primary N) is 1. The maximum Gasteiger partial charge on any atom is 0.147 e. The summed E-state index contributed by atoms with van der Waals surface area (Å²) >= 11 is 0. The molecule has 2 aromatic rings. The van der Waals surface area contributed by atoms with E-state index in [1.165, 1.54) is 6.07 Å². The molecule has 6 heteroatoms. The van der Waals surface area contributed by atoms with Gasteiger partial charge in [0, 0.05) is 31.8 Å². The molecule has 106 valence electrons. The molecular weight excluding hydrogens is 259 g/mol. The molecule has 2 N–H and O–H groups in total. The Morgan fingerprint density at radius 2 is 2.00 bits per heavy atom. The Balaban J connectivity index is 1.90. The first-order chi connectivity index (χ1) is 9.65. The predicted molar refractivity (Wildman–Crippen MR) is 76.0 cm³/mol. The summed E-state index contributed by atoms with van der Waals surface area (Å²) in [4.78, 5) is 2.00. The molecule has 1 saturated heterocycles. The van der Waals surface area contributed by atoms with Crippen molar-refractivity contribution in [3.63, 3.8) is 0 Å². The largest absolute Gasteiger partial charge is 0.384 e. The second-order valence-electron chi connectivity index (χ2n) is 4.84. The fourth-order valence-corrected chi connectivity index (χ4v) is 2.35. The number of aryl methyl sites for hydroxylation is 1. The Bertz CT molecular complexity index is 600. The Hall–Kier alpha value is -2.08. The molecule has 0 amide bonds. The third-order valence-corrected chi connectivity index (χ3v) is 3.51. The van der Waals surface area contributed by atoms with Crippen LogP contribution in [0, 0.1) is 5.82 Å². The number of aromatic nitrogens is 2. The van der Waals surface area contributed by atoms with Gasteiger partial charge in [0.15, 0.2) is 0 Å². The van der Waals surface area contributed by atoms with E-state index in [-0.39, 0.29) is 5.82 Å². The molecule has 0 aliphatic carbocycles. The Morgan fingerprint density at radius 1 is 1.25 bits per heavy atom. The van der Waals surface area contributed by atoms with Gasteiger partial charge in [0.2, 0.25) is 0 Å². The molecular formula is C14H17FN4O. The molecule has 1 aromatic carbocycles. The number of rotatable bonds is 2. The normalized spacial score (nSPS) is 15.6. The summed E-state index contributed by atoms with van der Waals surface area (Å²) in [6, 6.07) is 6.91. The van der Waals surface area contributed by atoms with Crippen LogP contribution in [0.25, 0.3) is 11.3 Å². The minimum atomic E-state index is -0.242. The molecule has 5 nitrogen and oxygen atoms in total. The summed E-state index contributed by atoms with van der Waals surface area (Å²) in [7, 11) is 1.76. The first-order valence-electron chi connectivity index (χ1n) is 6.57. The standard InChI is InChI=1S/C14H17FN4O/c1-18-14(16)9-12(17-18)10-2-3-13(11(15)8-10)19-4-6-20-7-5-19/h2-3,8-9H,4-7,16H2,1H3. The zero-order valence-corrected chi connectivity index (χ0v) is 11.3. The average Bonchev–Trinajstić information content (AvgIpc) is 2.79. The molecule has 0 bridgehead atoms. The second kappa shape index (κ2) is 5.13. The third kappa shape index (κ3) is 2.34. The Labute approximate surface area is 116 Å². The summed E-state index contributed by atoms with van der Waals surface area (Å²) in [5, 5.41) is 4.26. The van der Waals surface area contributed by atoms with E-state index in [1.807, 2.05) is 11.0 Å².